The van der Waals surface area contributed by atoms with Crippen molar-refractivity contribution in [3.8, 4) is 5.75 Å². The number of piperidine rings is 1. The highest BCUT2D eigenvalue weighted by atomic mass is 35.5. The van der Waals surface area contributed by atoms with Crippen molar-refractivity contribution in [3.05, 3.63) is 34.7 Å². The number of hydrogen-bond acceptors (Lipinski definition) is 8. The van der Waals surface area contributed by atoms with Crippen molar-refractivity contribution in [2.24, 2.45) is 0 Å². The van der Waals surface area contributed by atoms with Crippen LogP contribution in [0, 0.1) is 0 Å². The number of fused-ring (bicyclic) bond motifs is 1. The molecule has 0 saturated carbocycles. The standard InChI is InChI=1S/C23H29ClN4O4S3/c1-4-32-17-9-7-10-18-21(17)25-23(33-18)27(15-14-26(2)3)22(29)16-8-5-6-13-28(16)35(30,31)20-12-11-19(24)34-20/h7,9-12,16H,4-6,8,13-15H2,1-3H3. The van der Waals surface area contributed by atoms with E-state index >= 15 is 0 Å². The van der Waals surface area contributed by atoms with Gasteiger partial charge in [-0.3, -0.25) is 9.69 Å². The molecule has 2 aromatic heterocycles. The Morgan fingerprint density at radius 3 is 2.69 bits per heavy atom. The van der Waals surface area contributed by atoms with Gasteiger partial charge in [0.2, 0.25) is 5.91 Å². The van der Waals surface area contributed by atoms with Gasteiger partial charge in [-0.1, -0.05) is 35.4 Å². The van der Waals surface area contributed by atoms with E-state index in [1.807, 2.05) is 44.1 Å². The number of anilines is 1. The van der Waals surface area contributed by atoms with E-state index in [1.165, 1.54) is 21.7 Å². The first-order valence-corrected chi connectivity index (χ1v) is 14.9. The summed E-state index contributed by atoms with van der Waals surface area (Å²) in [6.07, 6.45) is 1.95. The van der Waals surface area contributed by atoms with E-state index in [0.717, 1.165) is 22.5 Å². The average Bonchev–Trinajstić information content (AvgIpc) is 3.46. The van der Waals surface area contributed by atoms with Crippen molar-refractivity contribution in [1.82, 2.24) is 14.2 Å². The molecule has 3 aromatic rings. The molecule has 1 aliphatic rings. The van der Waals surface area contributed by atoms with E-state index in [-0.39, 0.29) is 10.1 Å². The zero-order chi connectivity index (χ0) is 25.2. The molecule has 12 heteroatoms. The number of carbonyl (C=O) groups is 1. The number of hydrogen-bond donors (Lipinski definition) is 0. The first-order valence-electron chi connectivity index (χ1n) is 11.5. The summed E-state index contributed by atoms with van der Waals surface area (Å²) in [5, 5.41) is 0.543. The summed E-state index contributed by atoms with van der Waals surface area (Å²) < 4.78 is 35.5. The van der Waals surface area contributed by atoms with Crippen LogP contribution in [0.4, 0.5) is 5.13 Å². The Balaban J connectivity index is 1.71. The van der Waals surface area contributed by atoms with Crippen LogP contribution in [-0.2, 0) is 14.8 Å². The molecule has 1 aliphatic heterocycles. The second-order valence-corrected chi connectivity index (χ2v) is 13.4. The highest BCUT2D eigenvalue weighted by Gasteiger charge is 2.41. The Morgan fingerprint density at radius 1 is 1.20 bits per heavy atom. The SMILES string of the molecule is CCOc1cccc2sc(N(CCN(C)C)C(=O)C3CCCCN3S(=O)(=O)c3ccc(Cl)s3)nc12. The normalized spacial score (nSPS) is 17.2. The number of amides is 1. The van der Waals surface area contributed by atoms with Crippen molar-refractivity contribution in [2.45, 2.75) is 36.4 Å². The molecule has 8 nitrogen and oxygen atoms in total. The molecular weight excluding hydrogens is 528 g/mol. The minimum Gasteiger partial charge on any atom is -0.492 e. The van der Waals surface area contributed by atoms with Crippen LogP contribution in [0.1, 0.15) is 26.2 Å². The lowest BCUT2D eigenvalue weighted by atomic mass is 10.0. The third kappa shape index (κ3) is 5.65. The number of sulfonamides is 1. The van der Waals surface area contributed by atoms with Crippen LogP contribution in [0.25, 0.3) is 10.2 Å². The maximum atomic E-state index is 14.0. The molecule has 3 heterocycles. The number of benzene rings is 1. The zero-order valence-corrected chi connectivity index (χ0v) is 23.1. The maximum Gasteiger partial charge on any atom is 0.253 e. The van der Waals surface area contributed by atoms with Gasteiger partial charge >= 0.3 is 0 Å². The molecule has 0 radical (unpaired) electrons. The Bertz CT molecular complexity index is 1290. The molecule has 35 heavy (non-hydrogen) atoms. The number of likely N-dealkylation sites (N-methyl/N-ethyl adjacent to an activating group) is 1. The van der Waals surface area contributed by atoms with Crippen LogP contribution in [0.3, 0.4) is 0 Å². The van der Waals surface area contributed by atoms with Crippen LogP contribution >= 0.6 is 34.3 Å². The third-order valence-corrected chi connectivity index (χ3v) is 10.4. The fraction of sp³-hybridized carbons (Fsp3) is 0.478. The third-order valence-electron chi connectivity index (χ3n) is 5.79. The van der Waals surface area contributed by atoms with Gasteiger partial charge in [0.25, 0.3) is 10.0 Å². The van der Waals surface area contributed by atoms with Crippen molar-refractivity contribution < 1.29 is 17.9 Å². The molecule has 1 fully saturated rings. The fourth-order valence-corrected chi connectivity index (χ4v) is 8.35. The number of thiophene rings is 1. The summed E-state index contributed by atoms with van der Waals surface area (Å²) in [6.45, 7) is 3.73. The lowest BCUT2D eigenvalue weighted by molar-refractivity contribution is -0.123. The summed E-state index contributed by atoms with van der Waals surface area (Å²) in [7, 11) is 0.0246. The van der Waals surface area contributed by atoms with Gasteiger partial charge in [0.15, 0.2) is 5.13 Å². The molecule has 0 spiro atoms. The Morgan fingerprint density at radius 2 is 2.00 bits per heavy atom. The predicted molar refractivity (Wildman–Crippen MR) is 143 cm³/mol. The number of ether oxygens (including phenoxy) is 1. The van der Waals surface area contributed by atoms with E-state index < -0.39 is 16.1 Å². The van der Waals surface area contributed by atoms with E-state index in [9.17, 15) is 13.2 Å². The average molecular weight is 557 g/mol. The minimum absolute atomic E-state index is 0.156. The molecule has 1 amide bonds. The molecule has 1 saturated heterocycles. The van der Waals surface area contributed by atoms with Gasteiger partial charge in [-0.2, -0.15) is 4.31 Å². The summed E-state index contributed by atoms with van der Waals surface area (Å²) in [5.74, 6) is 0.416. The second-order valence-electron chi connectivity index (χ2n) is 8.51. The van der Waals surface area contributed by atoms with E-state index in [1.54, 1.807) is 11.0 Å². The number of carbonyl (C=O) groups excluding carboxylic acids is 1. The van der Waals surface area contributed by atoms with E-state index in [2.05, 4.69) is 0 Å². The van der Waals surface area contributed by atoms with Gasteiger partial charge < -0.3 is 9.64 Å². The minimum atomic E-state index is -3.85. The number of thiazole rings is 1. The first-order chi connectivity index (χ1) is 16.7. The van der Waals surface area contributed by atoms with Gasteiger partial charge in [0.05, 0.1) is 15.6 Å². The topological polar surface area (TPSA) is 83.0 Å². The van der Waals surface area contributed by atoms with E-state index in [0.29, 0.717) is 59.8 Å². The zero-order valence-electron chi connectivity index (χ0n) is 19.9. The molecule has 1 aromatic carbocycles. The molecule has 1 unspecified atom stereocenters. The van der Waals surface area contributed by atoms with Crippen LogP contribution < -0.4 is 9.64 Å². The van der Waals surface area contributed by atoms with Crippen LogP contribution in [0.5, 0.6) is 5.75 Å². The highest BCUT2D eigenvalue weighted by Crippen LogP contribution is 2.36. The van der Waals surface area contributed by atoms with Gasteiger partial charge in [-0.25, -0.2) is 13.4 Å². The van der Waals surface area contributed by atoms with Gasteiger partial charge in [-0.15, -0.1) is 11.3 Å². The predicted octanol–water partition coefficient (Wildman–Crippen LogP) is 4.55. The van der Waals surface area contributed by atoms with Crippen LogP contribution in [-0.4, -0.2) is 74.9 Å². The highest BCUT2D eigenvalue weighted by molar-refractivity contribution is 7.91. The molecule has 190 valence electrons. The van der Waals surface area contributed by atoms with Gasteiger partial charge in [-0.05, 0) is 58.1 Å². The summed E-state index contributed by atoms with van der Waals surface area (Å²) >= 11 is 8.44. The number of halogens is 1. The molecule has 1 atom stereocenters. The van der Waals surface area contributed by atoms with Gasteiger partial charge in [0.1, 0.15) is 21.5 Å². The van der Waals surface area contributed by atoms with Crippen molar-refractivity contribution in [3.63, 3.8) is 0 Å². The number of para-hydroxylation sites is 1. The Labute approximate surface area is 219 Å². The number of nitrogens with zero attached hydrogens (tertiary/aromatic N) is 4. The van der Waals surface area contributed by atoms with Crippen LogP contribution in [0.2, 0.25) is 4.34 Å². The monoisotopic (exact) mass is 556 g/mol. The van der Waals surface area contributed by atoms with Crippen LogP contribution in [0.15, 0.2) is 34.5 Å². The fourth-order valence-electron chi connectivity index (χ4n) is 4.07. The first kappa shape index (κ1) is 26.3. The van der Waals surface area contributed by atoms with Crippen molar-refractivity contribution >= 4 is 65.6 Å². The summed E-state index contributed by atoms with van der Waals surface area (Å²) in [4.78, 5) is 22.4. The van der Waals surface area contributed by atoms with Gasteiger partial charge in [0, 0.05) is 19.6 Å². The lowest BCUT2D eigenvalue weighted by Gasteiger charge is -2.36. The summed E-state index contributed by atoms with van der Waals surface area (Å²) in [5.41, 5.74) is 0.707. The van der Waals surface area contributed by atoms with E-state index in [4.69, 9.17) is 21.3 Å². The Hall–Kier alpha value is -1.76. The molecule has 0 aliphatic carbocycles. The molecule has 4 rings (SSSR count). The van der Waals surface area contributed by atoms with Crippen molar-refractivity contribution in [2.75, 3.05) is 45.2 Å². The smallest absolute Gasteiger partial charge is 0.253 e. The maximum absolute atomic E-state index is 14.0. The van der Waals surface area contributed by atoms with Crippen molar-refractivity contribution in [1.29, 1.82) is 0 Å². The summed E-state index contributed by atoms with van der Waals surface area (Å²) in [6, 6.07) is 8.00. The number of aromatic nitrogens is 1. The quantitative estimate of drug-likeness (QED) is 0.384. The molecule has 0 bridgehead atoms. The number of rotatable bonds is 9. The largest absolute Gasteiger partial charge is 0.492 e. The second kappa shape index (κ2) is 11.1. The molecule has 0 N–H and O–H groups in total. The Kier molecular flexibility index (Phi) is 8.34. The molecular formula is C23H29ClN4O4S3. The lowest BCUT2D eigenvalue weighted by Crippen LogP contribution is -2.53.